The van der Waals surface area contributed by atoms with E-state index in [1.54, 1.807) is 36.9 Å². The van der Waals surface area contributed by atoms with Crippen LogP contribution in [0.1, 0.15) is 23.8 Å². The van der Waals surface area contributed by atoms with E-state index in [0.717, 1.165) is 68.9 Å². The molecular weight excluding hydrogens is 655 g/mol. The summed E-state index contributed by atoms with van der Waals surface area (Å²) in [5.41, 5.74) is 1.34. The minimum atomic E-state index is -0.0924. The third-order valence-corrected chi connectivity index (χ3v) is 10.6. The van der Waals surface area contributed by atoms with Gasteiger partial charge in [0.25, 0.3) is 0 Å². The van der Waals surface area contributed by atoms with Gasteiger partial charge in [0.1, 0.15) is 11.0 Å². The fraction of sp³-hybridized carbons (Fsp3) is 0.613. The first-order valence-electron chi connectivity index (χ1n) is 16.5. The Morgan fingerprint density at radius 3 is 1.71 bits per heavy atom. The summed E-state index contributed by atoms with van der Waals surface area (Å²) in [6, 6.07) is 0. The second kappa shape index (κ2) is 16.8. The number of piperazine rings is 1. The molecule has 0 bridgehead atoms. The maximum Gasteiger partial charge on any atom is 0.228 e. The van der Waals surface area contributed by atoms with Gasteiger partial charge in [0, 0.05) is 109 Å². The summed E-state index contributed by atoms with van der Waals surface area (Å²) >= 11 is 3.36. The molecule has 2 fully saturated rings. The number of aliphatic hydroxyl groups is 2. The summed E-state index contributed by atoms with van der Waals surface area (Å²) in [4.78, 5) is 40.5. The summed E-state index contributed by atoms with van der Waals surface area (Å²) in [6.07, 6.45) is 5.61. The molecule has 0 spiro atoms. The van der Waals surface area contributed by atoms with E-state index < -0.39 is 0 Å². The molecule has 4 aromatic heterocycles. The second-order valence-electron chi connectivity index (χ2n) is 11.7. The van der Waals surface area contributed by atoms with Crippen LogP contribution in [0.25, 0.3) is 11.0 Å². The summed E-state index contributed by atoms with van der Waals surface area (Å²) in [6.45, 7) is 7.22. The SMILES string of the molecule is COCCN(CCOC)c1nc(N2CCN(c3nccs3)CC2)c2nc(N(CCO)CCO)nc(N3CCC(c4nccs4)CC3)c2n1. The molecule has 0 amide bonds. The molecule has 4 aromatic rings. The Balaban J connectivity index is 1.45. The lowest BCUT2D eigenvalue weighted by atomic mass is 9.97. The Hall–Kier alpha value is -3.48. The molecule has 0 saturated carbocycles. The van der Waals surface area contributed by atoms with Crippen molar-refractivity contribution < 1.29 is 19.7 Å². The van der Waals surface area contributed by atoms with Gasteiger partial charge in [-0.1, -0.05) is 0 Å². The number of methoxy groups -OCH3 is 2. The number of piperidine rings is 1. The van der Waals surface area contributed by atoms with Crippen molar-refractivity contribution in [2.75, 3.05) is 131 Å². The van der Waals surface area contributed by atoms with Crippen molar-refractivity contribution in [3.8, 4) is 0 Å². The van der Waals surface area contributed by atoms with Crippen molar-refractivity contribution in [2.24, 2.45) is 0 Å². The Labute approximate surface area is 288 Å². The minimum Gasteiger partial charge on any atom is -0.395 e. The van der Waals surface area contributed by atoms with Crippen LogP contribution in [0.15, 0.2) is 23.2 Å². The maximum absolute atomic E-state index is 9.91. The lowest BCUT2D eigenvalue weighted by Gasteiger charge is -2.37. The minimum absolute atomic E-state index is 0.0924. The van der Waals surface area contributed by atoms with Gasteiger partial charge in [0.05, 0.1) is 31.4 Å². The van der Waals surface area contributed by atoms with Crippen molar-refractivity contribution in [2.45, 2.75) is 18.8 Å². The van der Waals surface area contributed by atoms with Crippen LogP contribution in [-0.4, -0.2) is 146 Å². The van der Waals surface area contributed by atoms with Gasteiger partial charge in [-0.25, -0.2) is 19.9 Å². The monoisotopic (exact) mass is 699 g/mol. The molecular formula is C31H45N11O4S2. The number of hydrogen-bond donors (Lipinski definition) is 2. The molecule has 2 aliphatic rings. The molecule has 6 rings (SSSR count). The van der Waals surface area contributed by atoms with Crippen LogP contribution < -0.4 is 24.5 Å². The molecule has 2 N–H and O–H groups in total. The third-order valence-electron chi connectivity index (χ3n) is 8.78. The molecule has 0 atom stereocenters. The number of hydrogen-bond acceptors (Lipinski definition) is 17. The zero-order chi connectivity index (χ0) is 33.3. The summed E-state index contributed by atoms with van der Waals surface area (Å²) in [5.74, 6) is 2.90. The largest absolute Gasteiger partial charge is 0.395 e. The van der Waals surface area contributed by atoms with Crippen LogP contribution in [0, 0.1) is 0 Å². The Bertz CT molecular complexity index is 1540. The molecule has 0 radical (unpaired) electrons. The number of fused-ring (bicyclic) bond motifs is 1. The van der Waals surface area contributed by atoms with E-state index in [1.807, 2.05) is 28.1 Å². The summed E-state index contributed by atoms with van der Waals surface area (Å²) in [5, 5.41) is 26.1. The van der Waals surface area contributed by atoms with E-state index in [4.69, 9.17) is 29.4 Å². The molecule has 15 nitrogen and oxygen atoms in total. The molecule has 48 heavy (non-hydrogen) atoms. The molecule has 6 heterocycles. The molecule has 260 valence electrons. The molecule has 2 aliphatic heterocycles. The van der Waals surface area contributed by atoms with Gasteiger partial charge in [0.15, 0.2) is 16.8 Å². The van der Waals surface area contributed by atoms with E-state index in [0.29, 0.717) is 68.2 Å². The quantitative estimate of drug-likeness (QED) is 0.175. The fourth-order valence-electron chi connectivity index (χ4n) is 6.21. The van der Waals surface area contributed by atoms with Gasteiger partial charge < -0.3 is 44.2 Å². The van der Waals surface area contributed by atoms with Gasteiger partial charge in [-0.2, -0.15) is 9.97 Å². The topological polar surface area (TPSA) is 152 Å². The average molecular weight is 700 g/mol. The normalized spacial score (nSPS) is 15.9. The maximum atomic E-state index is 9.91. The van der Waals surface area contributed by atoms with Crippen LogP contribution in [0.3, 0.4) is 0 Å². The lowest BCUT2D eigenvalue weighted by Crippen LogP contribution is -2.47. The molecule has 2 saturated heterocycles. The van der Waals surface area contributed by atoms with E-state index in [1.165, 1.54) is 5.01 Å². The van der Waals surface area contributed by atoms with Crippen molar-refractivity contribution in [1.29, 1.82) is 0 Å². The van der Waals surface area contributed by atoms with Crippen LogP contribution >= 0.6 is 22.7 Å². The number of aliphatic hydroxyl groups excluding tert-OH is 2. The van der Waals surface area contributed by atoms with Gasteiger partial charge in [-0.15, -0.1) is 22.7 Å². The van der Waals surface area contributed by atoms with Crippen molar-refractivity contribution in [3.05, 3.63) is 28.2 Å². The molecule has 0 unspecified atom stereocenters. The zero-order valence-corrected chi connectivity index (χ0v) is 29.3. The highest BCUT2D eigenvalue weighted by atomic mass is 32.1. The number of thiazole rings is 2. The number of rotatable bonds is 16. The number of nitrogens with zero attached hydrogens (tertiary/aromatic N) is 11. The van der Waals surface area contributed by atoms with Gasteiger partial charge in [0.2, 0.25) is 11.9 Å². The molecule has 0 aliphatic carbocycles. The van der Waals surface area contributed by atoms with Crippen molar-refractivity contribution >= 4 is 62.4 Å². The van der Waals surface area contributed by atoms with Crippen molar-refractivity contribution in [3.63, 3.8) is 0 Å². The Morgan fingerprint density at radius 2 is 1.21 bits per heavy atom. The van der Waals surface area contributed by atoms with Gasteiger partial charge in [-0.3, -0.25) is 0 Å². The second-order valence-corrected chi connectivity index (χ2v) is 13.5. The van der Waals surface area contributed by atoms with Crippen LogP contribution in [-0.2, 0) is 9.47 Å². The van der Waals surface area contributed by atoms with E-state index in [9.17, 15) is 10.2 Å². The highest BCUT2D eigenvalue weighted by Gasteiger charge is 2.30. The van der Waals surface area contributed by atoms with Crippen LogP contribution in [0.5, 0.6) is 0 Å². The molecule has 17 heteroatoms. The predicted octanol–water partition coefficient (Wildman–Crippen LogP) is 1.93. The first-order valence-corrected chi connectivity index (χ1v) is 18.2. The average Bonchev–Trinajstić information content (AvgIpc) is 3.87. The number of anilines is 5. The zero-order valence-electron chi connectivity index (χ0n) is 27.6. The van der Waals surface area contributed by atoms with E-state index >= 15 is 0 Å². The molecule has 0 aromatic carbocycles. The summed E-state index contributed by atoms with van der Waals surface area (Å²) in [7, 11) is 3.38. The first kappa shape index (κ1) is 34.4. The van der Waals surface area contributed by atoms with Gasteiger partial charge in [-0.05, 0) is 12.8 Å². The van der Waals surface area contributed by atoms with Crippen LogP contribution in [0.2, 0.25) is 0 Å². The van der Waals surface area contributed by atoms with Gasteiger partial charge >= 0.3 is 0 Å². The third kappa shape index (κ3) is 7.87. The van der Waals surface area contributed by atoms with Crippen LogP contribution in [0.4, 0.5) is 28.7 Å². The summed E-state index contributed by atoms with van der Waals surface area (Å²) < 4.78 is 10.9. The Kier molecular flexibility index (Phi) is 12.0. The van der Waals surface area contributed by atoms with Crippen molar-refractivity contribution in [1.82, 2.24) is 29.9 Å². The van der Waals surface area contributed by atoms with E-state index in [-0.39, 0.29) is 13.2 Å². The highest BCUT2D eigenvalue weighted by Crippen LogP contribution is 2.37. The smallest absolute Gasteiger partial charge is 0.228 e. The Morgan fingerprint density at radius 1 is 0.688 bits per heavy atom. The number of aromatic nitrogens is 6. The number of ether oxygens (including phenoxy) is 2. The fourth-order valence-corrected chi connectivity index (χ4v) is 7.72. The first-order chi connectivity index (χ1) is 23.6. The highest BCUT2D eigenvalue weighted by molar-refractivity contribution is 7.13. The lowest BCUT2D eigenvalue weighted by molar-refractivity contribution is 0.189. The van der Waals surface area contributed by atoms with E-state index in [2.05, 4.69) is 29.6 Å². The predicted molar refractivity (Wildman–Crippen MR) is 190 cm³/mol. The standard InChI is InChI=1S/C31H45N11O4S2/c1-45-19-15-41(16-20-46-2)30-35-24-25(27(37-30)39-9-11-42(12-10-39)31-33-6-22-48-31)34-29(40(13-17-43)14-18-44)36-26(24)38-7-3-23(4-8-38)28-32-5-21-47-28/h5-6,21-23,43-44H,3-4,7-20H2,1-2H3.